The van der Waals surface area contributed by atoms with Crippen molar-refractivity contribution in [2.24, 2.45) is 5.41 Å². The van der Waals surface area contributed by atoms with Crippen molar-refractivity contribution < 1.29 is 8.95 Å². The highest BCUT2D eigenvalue weighted by Gasteiger charge is 2.29. The van der Waals surface area contributed by atoms with E-state index < -0.39 is 10.8 Å². The van der Waals surface area contributed by atoms with Gasteiger partial charge in [-0.05, 0) is 55.9 Å². The molecule has 2 aliphatic rings. The Morgan fingerprint density at radius 1 is 1.29 bits per heavy atom. The van der Waals surface area contributed by atoms with Crippen LogP contribution in [0.3, 0.4) is 0 Å². The molecule has 1 saturated heterocycles. The first-order valence-electron chi connectivity index (χ1n) is 6.82. The molecule has 2 fully saturated rings. The zero-order valence-electron chi connectivity index (χ0n) is 10.9. The van der Waals surface area contributed by atoms with Crippen LogP contribution >= 0.6 is 0 Å². The Kier molecular flexibility index (Phi) is 4.66. The molecule has 1 aliphatic heterocycles. The lowest BCUT2D eigenvalue weighted by Gasteiger charge is -2.32. The molecular weight excluding hydrogens is 232 g/mol. The van der Waals surface area contributed by atoms with Crippen LogP contribution in [0, 0.1) is 5.41 Å². The third-order valence-corrected chi connectivity index (χ3v) is 5.50. The lowest BCUT2D eigenvalue weighted by atomic mass is 9.81. The fourth-order valence-corrected chi connectivity index (χ4v) is 4.27. The Balaban J connectivity index is 1.67. The molecule has 3 heteroatoms. The standard InChI is InChI=1S/C14H24O2S/c1-14(7-10-17(15)11-8-14)6-9-16-12-13-4-2-3-5-13/h12H,2-11H2,1H3. The first-order valence-corrected chi connectivity index (χ1v) is 8.31. The van der Waals surface area contributed by atoms with Gasteiger partial charge in [-0.25, -0.2) is 0 Å². The highest BCUT2D eigenvalue weighted by molar-refractivity contribution is 7.85. The van der Waals surface area contributed by atoms with Crippen LogP contribution in [-0.4, -0.2) is 22.3 Å². The molecule has 0 amide bonds. The van der Waals surface area contributed by atoms with Crippen molar-refractivity contribution in [3.63, 3.8) is 0 Å². The molecule has 0 spiro atoms. The Hall–Kier alpha value is -0.310. The van der Waals surface area contributed by atoms with Crippen LogP contribution in [0.4, 0.5) is 0 Å². The van der Waals surface area contributed by atoms with Crippen molar-refractivity contribution in [2.45, 2.75) is 51.9 Å². The molecule has 0 aromatic carbocycles. The van der Waals surface area contributed by atoms with Crippen LogP contribution in [0.1, 0.15) is 51.9 Å². The maximum absolute atomic E-state index is 11.3. The SMILES string of the molecule is CC1(CCOC=C2CCCC2)CCS(=O)CC1. The molecule has 0 N–H and O–H groups in total. The lowest BCUT2D eigenvalue weighted by molar-refractivity contribution is 0.164. The van der Waals surface area contributed by atoms with Crippen molar-refractivity contribution >= 4 is 10.8 Å². The van der Waals surface area contributed by atoms with Gasteiger partial charge in [0.2, 0.25) is 0 Å². The van der Waals surface area contributed by atoms with E-state index in [1.54, 1.807) is 0 Å². The van der Waals surface area contributed by atoms with Gasteiger partial charge < -0.3 is 4.74 Å². The smallest absolute Gasteiger partial charge is 0.0878 e. The van der Waals surface area contributed by atoms with Gasteiger partial charge in [0.1, 0.15) is 0 Å². The van der Waals surface area contributed by atoms with E-state index >= 15 is 0 Å². The molecule has 2 nitrogen and oxygen atoms in total. The molecule has 0 aromatic rings. The zero-order valence-corrected chi connectivity index (χ0v) is 11.7. The van der Waals surface area contributed by atoms with Crippen molar-refractivity contribution in [3.05, 3.63) is 11.8 Å². The monoisotopic (exact) mass is 256 g/mol. The summed E-state index contributed by atoms with van der Waals surface area (Å²) in [4.78, 5) is 0. The van der Waals surface area contributed by atoms with E-state index in [1.165, 1.54) is 31.3 Å². The average molecular weight is 256 g/mol. The zero-order chi connectivity index (χ0) is 12.1. The molecular formula is C14H24O2S. The van der Waals surface area contributed by atoms with Crippen molar-refractivity contribution in [3.8, 4) is 0 Å². The van der Waals surface area contributed by atoms with E-state index in [9.17, 15) is 4.21 Å². The van der Waals surface area contributed by atoms with Gasteiger partial charge in [-0.3, -0.25) is 4.21 Å². The maximum Gasteiger partial charge on any atom is 0.0878 e. The molecule has 0 bridgehead atoms. The summed E-state index contributed by atoms with van der Waals surface area (Å²) in [6.07, 6.45) is 10.4. The van der Waals surface area contributed by atoms with E-state index in [0.29, 0.717) is 5.41 Å². The summed E-state index contributed by atoms with van der Waals surface area (Å²) < 4.78 is 17.0. The van der Waals surface area contributed by atoms with Crippen LogP contribution in [0.5, 0.6) is 0 Å². The van der Waals surface area contributed by atoms with Crippen LogP contribution in [0.2, 0.25) is 0 Å². The number of hydrogen-bond donors (Lipinski definition) is 0. The predicted molar refractivity (Wildman–Crippen MR) is 72.3 cm³/mol. The summed E-state index contributed by atoms with van der Waals surface area (Å²) in [5.41, 5.74) is 1.85. The Bertz CT molecular complexity index is 291. The van der Waals surface area contributed by atoms with Gasteiger partial charge in [0.05, 0.1) is 12.9 Å². The topological polar surface area (TPSA) is 26.3 Å². The van der Waals surface area contributed by atoms with Crippen molar-refractivity contribution in [1.82, 2.24) is 0 Å². The number of ether oxygens (including phenoxy) is 1. The summed E-state index contributed by atoms with van der Waals surface area (Å²) in [6.45, 7) is 3.14. The largest absolute Gasteiger partial charge is 0.501 e. The van der Waals surface area contributed by atoms with E-state index in [2.05, 4.69) is 6.92 Å². The van der Waals surface area contributed by atoms with E-state index in [0.717, 1.165) is 37.4 Å². The van der Waals surface area contributed by atoms with Gasteiger partial charge in [0.25, 0.3) is 0 Å². The van der Waals surface area contributed by atoms with Crippen molar-refractivity contribution in [1.29, 1.82) is 0 Å². The van der Waals surface area contributed by atoms with E-state index in [1.807, 2.05) is 6.26 Å². The first-order chi connectivity index (χ1) is 8.18. The van der Waals surface area contributed by atoms with Gasteiger partial charge in [0.15, 0.2) is 0 Å². The molecule has 0 unspecified atom stereocenters. The summed E-state index contributed by atoms with van der Waals surface area (Å²) >= 11 is 0. The van der Waals surface area contributed by atoms with E-state index in [-0.39, 0.29) is 0 Å². The summed E-state index contributed by atoms with van der Waals surface area (Å²) in [6, 6.07) is 0. The van der Waals surface area contributed by atoms with Crippen LogP contribution < -0.4 is 0 Å². The Morgan fingerprint density at radius 2 is 1.94 bits per heavy atom. The summed E-state index contributed by atoms with van der Waals surface area (Å²) in [5, 5.41) is 0. The first kappa shape index (κ1) is 13.1. The third kappa shape index (κ3) is 4.13. The minimum Gasteiger partial charge on any atom is -0.501 e. The van der Waals surface area contributed by atoms with E-state index in [4.69, 9.17) is 4.74 Å². The minimum absolute atomic E-state index is 0.363. The van der Waals surface area contributed by atoms with Gasteiger partial charge in [-0.2, -0.15) is 0 Å². The molecule has 1 saturated carbocycles. The van der Waals surface area contributed by atoms with Crippen LogP contribution in [0.15, 0.2) is 11.8 Å². The molecule has 2 rings (SSSR count). The molecule has 1 aliphatic carbocycles. The Labute approximate surface area is 107 Å². The predicted octanol–water partition coefficient (Wildman–Crippen LogP) is 3.40. The molecule has 17 heavy (non-hydrogen) atoms. The average Bonchev–Trinajstić information content (AvgIpc) is 2.82. The third-order valence-electron chi connectivity index (χ3n) is 4.19. The second-order valence-electron chi connectivity index (χ2n) is 5.76. The maximum atomic E-state index is 11.3. The second-order valence-corrected chi connectivity index (χ2v) is 7.46. The second kappa shape index (κ2) is 6.03. The normalized spacial score (nSPS) is 33.7. The summed E-state index contributed by atoms with van der Waals surface area (Å²) in [5.74, 6) is 1.77. The van der Waals surface area contributed by atoms with Crippen LogP contribution in [0.25, 0.3) is 0 Å². The van der Waals surface area contributed by atoms with Crippen LogP contribution in [-0.2, 0) is 15.5 Å². The number of rotatable bonds is 4. The fraction of sp³-hybridized carbons (Fsp3) is 0.857. The molecule has 0 radical (unpaired) electrons. The number of allylic oxidation sites excluding steroid dienone is 1. The minimum atomic E-state index is -0.549. The fourth-order valence-electron chi connectivity index (χ4n) is 2.63. The highest BCUT2D eigenvalue weighted by atomic mass is 32.2. The lowest BCUT2D eigenvalue weighted by Crippen LogP contribution is -2.29. The van der Waals surface area contributed by atoms with Gasteiger partial charge in [0, 0.05) is 22.3 Å². The number of hydrogen-bond acceptors (Lipinski definition) is 2. The quantitative estimate of drug-likeness (QED) is 0.569. The van der Waals surface area contributed by atoms with Crippen molar-refractivity contribution in [2.75, 3.05) is 18.1 Å². The summed E-state index contributed by atoms with van der Waals surface area (Å²) in [7, 11) is -0.549. The molecule has 98 valence electrons. The van der Waals surface area contributed by atoms with Gasteiger partial charge >= 0.3 is 0 Å². The molecule has 1 heterocycles. The Morgan fingerprint density at radius 3 is 2.59 bits per heavy atom. The van der Waals surface area contributed by atoms with Gasteiger partial charge in [-0.1, -0.05) is 6.92 Å². The highest BCUT2D eigenvalue weighted by Crippen LogP contribution is 2.34. The molecule has 0 atom stereocenters. The molecule has 0 aromatic heterocycles. The van der Waals surface area contributed by atoms with Gasteiger partial charge in [-0.15, -0.1) is 0 Å².